The van der Waals surface area contributed by atoms with Gasteiger partial charge in [0.25, 0.3) is 0 Å². The number of nitrogens with two attached hydrogens (primary N) is 1. The fraction of sp³-hybridized carbons (Fsp3) is 0.304. The van der Waals surface area contributed by atoms with Crippen LogP contribution in [0.15, 0.2) is 42.5 Å². The van der Waals surface area contributed by atoms with Crippen molar-refractivity contribution in [3.05, 3.63) is 64.2 Å². The summed E-state index contributed by atoms with van der Waals surface area (Å²) in [7, 11) is 0. The molecule has 0 radical (unpaired) electrons. The van der Waals surface area contributed by atoms with E-state index >= 15 is 0 Å². The van der Waals surface area contributed by atoms with Crippen LogP contribution in [0.1, 0.15) is 23.1 Å². The monoisotopic (exact) mass is 452 g/mol. The average molecular weight is 453 g/mol. The number of amides is 4. The Morgan fingerprint density at radius 3 is 2.53 bits per heavy atom. The molecule has 164 valence electrons. The fourth-order valence-corrected chi connectivity index (χ4v) is 5.52. The maximum absolute atomic E-state index is 13.6. The number of hydrogen-bond acceptors (Lipinski definition) is 5. The maximum atomic E-state index is 13.6. The third-order valence-electron chi connectivity index (χ3n) is 6.78. The summed E-state index contributed by atoms with van der Waals surface area (Å²) >= 11 is 6.25. The molecule has 4 atom stereocenters. The van der Waals surface area contributed by atoms with Gasteiger partial charge in [0, 0.05) is 23.0 Å². The Labute approximate surface area is 189 Å². The van der Waals surface area contributed by atoms with Crippen molar-refractivity contribution in [2.45, 2.75) is 31.5 Å². The first-order valence-electron chi connectivity index (χ1n) is 10.3. The average Bonchev–Trinajstić information content (AvgIpc) is 3.32. The summed E-state index contributed by atoms with van der Waals surface area (Å²) in [5.41, 5.74) is 6.51. The lowest BCUT2D eigenvalue weighted by atomic mass is 9.76. The van der Waals surface area contributed by atoms with E-state index in [1.807, 2.05) is 30.3 Å². The number of nitrogens with one attached hydrogen (secondary N) is 2. The third kappa shape index (κ3) is 2.73. The molecule has 8 nitrogen and oxygen atoms in total. The minimum absolute atomic E-state index is 0.0962. The second-order valence-electron chi connectivity index (χ2n) is 8.53. The molecule has 0 saturated carbocycles. The van der Waals surface area contributed by atoms with Gasteiger partial charge in [-0.3, -0.25) is 29.4 Å². The van der Waals surface area contributed by atoms with Crippen molar-refractivity contribution in [1.82, 2.24) is 10.2 Å². The molecular weight excluding hydrogens is 432 g/mol. The number of benzene rings is 2. The van der Waals surface area contributed by atoms with Crippen LogP contribution in [0, 0.1) is 18.8 Å². The summed E-state index contributed by atoms with van der Waals surface area (Å²) in [4.78, 5) is 53.5. The molecule has 3 aliphatic heterocycles. The van der Waals surface area contributed by atoms with E-state index in [4.69, 9.17) is 17.3 Å². The molecule has 0 unspecified atom stereocenters. The first-order chi connectivity index (χ1) is 15.3. The van der Waals surface area contributed by atoms with Crippen LogP contribution < -0.4 is 16.4 Å². The minimum Gasteiger partial charge on any atom is -0.370 e. The van der Waals surface area contributed by atoms with Gasteiger partial charge >= 0.3 is 0 Å². The third-order valence-corrected chi connectivity index (χ3v) is 7.19. The number of fused-ring (bicyclic) bond motifs is 4. The quantitative estimate of drug-likeness (QED) is 0.606. The summed E-state index contributed by atoms with van der Waals surface area (Å²) in [6.45, 7) is 1.87. The van der Waals surface area contributed by atoms with Gasteiger partial charge in [0.05, 0.1) is 24.1 Å². The fourth-order valence-electron chi connectivity index (χ4n) is 5.36. The highest BCUT2D eigenvalue weighted by Crippen LogP contribution is 2.54. The number of carbonyl (C=O) groups excluding carboxylic acids is 4. The zero-order valence-corrected chi connectivity index (χ0v) is 18.0. The van der Waals surface area contributed by atoms with Gasteiger partial charge in [0.2, 0.25) is 23.6 Å². The molecule has 4 N–H and O–H groups in total. The second kappa shape index (κ2) is 7.15. The molecule has 4 amide bonds. The smallest absolute Gasteiger partial charge is 0.250 e. The van der Waals surface area contributed by atoms with Crippen molar-refractivity contribution in [2.75, 3.05) is 5.32 Å². The van der Waals surface area contributed by atoms with E-state index in [9.17, 15) is 19.2 Å². The number of halogens is 1. The topological polar surface area (TPSA) is 122 Å². The van der Waals surface area contributed by atoms with E-state index in [1.54, 1.807) is 19.1 Å². The lowest BCUT2D eigenvalue weighted by molar-refractivity contribution is -0.143. The van der Waals surface area contributed by atoms with Gasteiger partial charge in [-0.05, 0) is 24.1 Å². The van der Waals surface area contributed by atoms with Crippen molar-refractivity contribution >= 4 is 40.9 Å². The van der Waals surface area contributed by atoms with E-state index in [0.717, 1.165) is 5.56 Å². The van der Waals surface area contributed by atoms with Crippen molar-refractivity contribution in [3.8, 4) is 0 Å². The number of nitrogens with zero attached hydrogens (tertiary/aromatic N) is 1. The Morgan fingerprint density at radius 2 is 1.84 bits per heavy atom. The number of hydrogen-bond donors (Lipinski definition) is 3. The number of likely N-dealkylation sites (tertiary alicyclic amines) is 1. The Bertz CT molecular complexity index is 1180. The molecular formula is C23H21ClN4O4. The summed E-state index contributed by atoms with van der Waals surface area (Å²) in [6, 6.07) is 11.8. The van der Waals surface area contributed by atoms with E-state index < -0.39 is 47.0 Å². The van der Waals surface area contributed by atoms with Crippen molar-refractivity contribution in [3.63, 3.8) is 0 Å². The van der Waals surface area contributed by atoms with Crippen LogP contribution in [0.4, 0.5) is 5.69 Å². The standard InChI is InChI=1S/C23H21ClN4O4/c1-11-14(24)8-7-13-19(11)26-22(32)23(13)18-17(15(27-23)9-16(25)29)20(30)28(21(18)31)10-12-5-3-2-4-6-12/h2-8,15,17-18,27H,9-10H2,1H3,(H2,25,29)(H,26,32)/t15-,17+,18-,23+/m0/s1. The van der Waals surface area contributed by atoms with Crippen LogP contribution >= 0.6 is 11.6 Å². The molecule has 2 aromatic rings. The van der Waals surface area contributed by atoms with Gasteiger partial charge < -0.3 is 11.1 Å². The second-order valence-corrected chi connectivity index (χ2v) is 8.94. The van der Waals surface area contributed by atoms with Gasteiger partial charge in [-0.1, -0.05) is 48.0 Å². The summed E-state index contributed by atoms with van der Waals surface area (Å²) in [6.07, 6.45) is -0.170. The number of rotatable bonds is 4. The molecule has 9 heteroatoms. The Morgan fingerprint density at radius 1 is 1.12 bits per heavy atom. The predicted molar refractivity (Wildman–Crippen MR) is 116 cm³/mol. The highest BCUT2D eigenvalue weighted by molar-refractivity contribution is 6.32. The zero-order valence-electron chi connectivity index (χ0n) is 17.2. The van der Waals surface area contributed by atoms with Crippen molar-refractivity contribution < 1.29 is 19.2 Å². The van der Waals surface area contributed by atoms with Crippen LogP contribution in [0.2, 0.25) is 5.02 Å². The first-order valence-corrected chi connectivity index (χ1v) is 10.7. The lowest BCUT2D eigenvalue weighted by Gasteiger charge is -2.29. The molecule has 2 fully saturated rings. The van der Waals surface area contributed by atoms with Crippen LogP contribution in [0.3, 0.4) is 0 Å². The Hall–Kier alpha value is -3.23. The van der Waals surface area contributed by atoms with Crippen LogP contribution in [0.5, 0.6) is 0 Å². The molecule has 2 saturated heterocycles. The Balaban J connectivity index is 1.63. The molecule has 32 heavy (non-hydrogen) atoms. The number of anilines is 1. The normalized spacial score (nSPS) is 28.2. The van der Waals surface area contributed by atoms with Crippen molar-refractivity contribution in [1.29, 1.82) is 0 Å². The molecule has 0 bridgehead atoms. The number of carbonyl (C=O) groups is 4. The lowest BCUT2D eigenvalue weighted by Crippen LogP contribution is -2.53. The molecule has 2 aromatic carbocycles. The Kier molecular flexibility index (Phi) is 4.61. The van der Waals surface area contributed by atoms with Gasteiger partial charge in [0.1, 0.15) is 5.54 Å². The molecule has 5 rings (SSSR count). The highest BCUT2D eigenvalue weighted by Gasteiger charge is 2.70. The SMILES string of the molecule is Cc1c(Cl)ccc2c1NC(=O)[C@@]21N[C@@H](CC(N)=O)[C@H]2C(=O)N(Cc3ccccc3)C(=O)[C@H]21. The molecule has 3 heterocycles. The summed E-state index contributed by atoms with van der Waals surface area (Å²) in [5, 5.41) is 6.49. The molecule has 3 aliphatic rings. The van der Waals surface area contributed by atoms with E-state index in [2.05, 4.69) is 10.6 Å². The largest absolute Gasteiger partial charge is 0.370 e. The molecule has 0 aliphatic carbocycles. The van der Waals surface area contributed by atoms with Gasteiger partial charge in [-0.25, -0.2) is 0 Å². The zero-order chi connectivity index (χ0) is 22.8. The van der Waals surface area contributed by atoms with E-state index in [1.165, 1.54) is 4.90 Å². The van der Waals surface area contributed by atoms with Crippen LogP contribution in [0.25, 0.3) is 0 Å². The number of imide groups is 1. The highest BCUT2D eigenvalue weighted by atomic mass is 35.5. The number of primary amides is 1. The summed E-state index contributed by atoms with van der Waals surface area (Å²) < 4.78 is 0. The van der Waals surface area contributed by atoms with Crippen LogP contribution in [-0.4, -0.2) is 34.6 Å². The van der Waals surface area contributed by atoms with Gasteiger partial charge in [0.15, 0.2) is 0 Å². The van der Waals surface area contributed by atoms with E-state index in [-0.39, 0.29) is 13.0 Å². The summed E-state index contributed by atoms with van der Waals surface area (Å²) in [5.74, 6) is -3.80. The van der Waals surface area contributed by atoms with Crippen molar-refractivity contribution in [2.24, 2.45) is 17.6 Å². The molecule has 0 aromatic heterocycles. The minimum atomic E-state index is -1.48. The van der Waals surface area contributed by atoms with Crippen LogP contribution in [-0.2, 0) is 31.3 Å². The first kappa shape index (κ1) is 20.7. The predicted octanol–water partition coefficient (Wildman–Crippen LogP) is 1.44. The molecule has 1 spiro atoms. The van der Waals surface area contributed by atoms with Gasteiger partial charge in [-0.2, -0.15) is 0 Å². The maximum Gasteiger partial charge on any atom is 0.250 e. The van der Waals surface area contributed by atoms with E-state index in [0.29, 0.717) is 21.8 Å². The van der Waals surface area contributed by atoms with Gasteiger partial charge in [-0.15, -0.1) is 0 Å².